The summed E-state index contributed by atoms with van der Waals surface area (Å²) in [5.74, 6) is 0.651. The van der Waals surface area contributed by atoms with E-state index in [9.17, 15) is 4.79 Å². The van der Waals surface area contributed by atoms with Crippen molar-refractivity contribution in [3.05, 3.63) is 47.8 Å². The van der Waals surface area contributed by atoms with Gasteiger partial charge >= 0.3 is 5.97 Å². The zero-order valence-corrected chi connectivity index (χ0v) is 11.7. The minimum Gasteiger partial charge on any atom is -0.493 e. The van der Waals surface area contributed by atoms with Crippen LogP contribution in [0.3, 0.4) is 0 Å². The average molecular weight is 275 g/mol. The fourth-order valence-corrected chi connectivity index (χ4v) is 1.86. The fourth-order valence-electron chi connectivity index (χ4n) is 1.86. The van der Waals surface area contributed by atoms with Gasteiger partial charge in [-0.3, -0.25) is 0 Å². The van der Waals surface area contributed by atoms with Crippen LogP contribution in [0.5, 0.6) is 11.5 Å². The molecular weight excluding hydrogens is 258 g/mol. The first-order valence-electron chi connectivity index (χ1n) is 6.22. The Morgan fingerprint density at radius 1 is 1.20 bits per heavy atom. The maximum absolute atomic E-state index is 11.6. The van der Waals surface area contributed by atoms with E-state index in [0.717, 1.165) is 5.69 Å². The van der Waals surface area contributed by atoms with Crippen LogP contribution in [0.4, 0.5) is 0 Å². The van der Waals surface area contributed by atoms with E-state index in [1.807, 2.05) is 25.3 Å². The van der Waals surface area contributed by atoms with Crippen molar-refractivity contribution in [1.82, 2.24) is 4.98 Å². The molecule has 1 aromatic heterocycles. The number of carbonyl (C=O) groups excluding carboxylic acids is 1. The molecular formula is C15H17NO4. The van der Waals surface area contributed by atoms with Gasteiger partial charge in [0, 0.05) is 6.20 Å². The lowest BCUT2D eigenvalue weighted by atomic mass is 10.2. The van der Waals surface area contributed by atoms with Gasteiger partial charge in [-0.25, -0.2) is 4.79 Å². The molecule has 0 bridgehead atoms. The van der Waals surface area contributed by atoms with Gasteiger partial charge in [0.25, 0.3) is 0 Å². The number of ether oxygens (including phenoxy) is 3. The molecule has 106 valence electrons. The summed E-state index contributed by atoms with van der Waals surface area (Å²) in [6.45, 7) is 1.91. The van der Waals surface area contributed by atoms with Gasteiger partial charge in [-0.1, -0.05) is 0 Å². The van der Waals surface area contributed by atoms with Gasteiger partial charge in [-0.15, -0.1) is 0 Å². The Morgan fingerprint density at radius 3 is 2.60 bits per heavy atom. The molecule has 1 heterocycles. The normalized spacial score (nSPS) is 11.8. The van der Waals surface area contributed by atoms with E-state index in [1.54, 1.807) is 25.3 Å². The lowest BCUT2D eigenvalue weighted by molar-refractivity contribution is 0.0600. The Labute approximate surface area is 117 Å². The van der Waals surface area contributed by atoms with Gasteiger partial charge in [0.1, 0.15) is 6.10 Å². The molecule has 1 N–H and O–H groups in total. The first-order chi connectivity index (χ1) is 9.65. The highest BCUT2D eigenvalue weighted by Gasteiger charge is 2.15. The third-order valence-corrected chi connectivity index (χ3v) is 2.95. The molecule has 0 saturated carbocycles. The van der Waals surface area contributed by atoms with Crippen LogP contribution in [0.2, 0.25) is 0 Å². The molecule has 5 heteroatoms. The Morgan fingerprint density at radius 2 is 2.00 bits per heavy atom. The number of carbonyl (C=O) groups is 1. The minimum atomic E-state index is -0.412. The monoisotopic (exact) mass is 275 g/mol. The molecule has 2 rings (SSSR count). The Balaban J connectivity index is 2.26. The van der Waals surface area contributed by atoms with Crippen molar-refractivity contribution >= 4 is 5.97 Å². The number of benzene rings is 1. The second-order valence-electron chi connectivity index (χ2n) is 4.24. The standard InChI is InChI=1S/C15H17NO4/c1-10(12-5-4-8-16-12)20-14-9-11(15(17)19-3)6-7-13(14)18-2/h4-10,16H,1-3H3. The summed E-state index contributed by atoms with van der Waals surface area (Å²) in [5, 5.41) is 0. The van der Waals surface area contributed by atoms with E-state index >= 15 is 0 Å². The maximum atomic E-state index is 11.6. The van der Waals surface area contributed by atoms with E-state index in [2.05, 4.69) is 4.98 Å². The summed E-state index contributed by atoms with van der Waals surface area (Å²) >= 11 is 0. The van der Waals surface area contributed by atoms with Crippen LogP contribution in [0.15, 0.2) is 36.5 Å². The van der Waals surface area contributed by atoms with Gasteiger partial charge in [0.2, 0.25) is 0 Å². The lowest BCUT2D eigenvalue weighted by Crippen LogP contribution is -2.07. The Kier molecular flexibility index (Phi) is 4.30. The van der Waals surface area contributed by atoms with Crippen molar-refractivity contribution in [1.29, 1.82) is 0 Å². The number of rotatable bonds is 5. The van der Waals surface area contributed by atoms with Crippen molar-refractivity contribution < 1.29 is 19.0 Å². The summed E-state index contributed by atoms with van der Waals surface area (Å²) in [6.07, 6.45) is 1.64. The van der Waals surface area contributed by atoms with E-state index in [-0.39, 0.29) is 6.10 Å². The summed E-state index contributed by atoms with van der Waals surface area (Å²) in [4.78, 5) is 14.6. The van der Waals surface area contributed by atoms with Crippen molar-refractivity contribution in [3.63, 3.8) is 0 Å². The predicted octanol–water partition coefficient (Wildman–Crippen LogP) is 2.95. The van der Waals surface area contributed by atoms with Gasteiger partial charge in [-0.05, 0) is 37.3 Å². The zero-order valence-electron chi connectivity index (χ0n) is 11.7. The van der Waals surface area contributed by atoms with Gasteiger partial charge in [0.15, 0.2) is 11.5 Å². The van der Waals surface area contributed by atoms with Crippen LogP contribution in [0, 0.1) is 0 Å². The SMILES string of the molecule is COC(=O)c1ccc(OC)c(OC(C)c2ccc[nH]2)c1. The molecule has 0 spiro atoms. The highest BCUT2D eigenvalue weighted by atomic mass is 16.5. The van der Waals surface area contributed by atoms with Crippen LogP contribution < -0.4 is 9.47 Å². The van der Waals surface area contributed by atoms with E-state index in [1.165, 1.54) is 7.11 Å². The topological polar surface area (TPSA) is 60.6 Å². The van der Waals surface area contributed by atoms with Crippen LogP contribution in [0.25, 0.3) is 0 Å². The molecule has 0 aliphatic heterocycles. The maximum Gasteiger partial charge on any atom is 0.337 e. The smallest absolute Gasteiger partial charge is 0.337 e. The number of nitrogens with one attached hydrogen (secondary N) is 1. The van der Waals surface area contributed by atoms with Gasteiger partial charge in [0.05, 0.1) is 25.5 Å². The zero-order chi connectivity index (χ0) is 14.5. The summed E-state index contributed by atoms with van der Waals surface area (Å²) < 4.78 is 15.8. The highest BCUT2D eigenvalue weighted by Crippen LogP contribution is 2.32. The molecule has 0 fully saturated rings. The van der Waals surface area contributed by atoms with Crippen LogP contribution >= 0.6 is 0 Å². The number of methoxy groups -OCH3 is 2. The third kappa shape index (κ3) is 2.93. The molecule has 0 aliphatic rings. The first-order valence-corrected chi connectivity index (χ1v) is 6.22. The molecule has 1 atom stereocenters. The van der Waals surface area contributed by atoms with E-state index < -0.39 is 5.97 Å². The molecule has 20 heavy (non-hydrogen) atoms. The molecule has 0 aliphatic carbocycles. The molecule has 2 aromatic rings. The van der Waals surface area contributed by atoms with Gasteiger partial charge in [-0.2, -0.15) is 0 Å². The van der Waals surface area contributed by atoms with Gasteiger partial charge < -0.3 is 19.2 Å². The van der Waals surface area contributed by atoms with Crippen molar-refractivity contribution in [3.8, 4) is 11.5 Å². The number of hydrogen-bond donors (Lipinski definition) is 1. The molecule has 1 unspecified atom stereocenters. The lowest BCUT2D eigenvalue weighted by Gasteiger charge is -2.16. The quantitative estimate of drug-likeness (QED) is 0.852. The van der Waals surface area contributed by atoms with Crippen LogP contribution in [-0.4, -0.2) is 25.2 Å². The van der Waals surface area contributed by atoms with Crippen molar-refractivity contribution in [2.24, 2.45) is 0 Å². The van der Waals surface area contributed by atoms with Crippen LogP contribution in [-0.2, 0) is 4.74 Å². The number of H-pyrrole nitrogens is 1. The molecule has 0 radical (unpaired) electrons. The van der Waals surface area contributed by atoms with Crippen molar-refractivity contribution in [2.45, 2.75) is 13.0 Å². The average Bonchev–Trinajstić information content (AvgIpc) is 3.00. The van der Waals surface area contributed by atoms with Crippen LogP contribution in [0.1, 0.15) is 29.1 Å². The predicted molar refractivity (Wildman–Crippen MR) is 74.2 cm³/mol. The molecule has 0 saturated heterocycles. The second kappa shape index (κ2) is 6.14. The largest absolute Gasteiger partial charge is 0.493 e. The van der Waals surface area contributed by atoms with E-state index in [4.69, 9.17) is 14.2 Å². The summed E-state index contributed by atoms with van der Waals surface area (Å²) in [5.41, 5.74) is 1.36. The number of esters is 1. The summed E-state index contributed by atoms with van der Waals surface area (Å²) in [7, 11) is 2.90. The Hall–Kier alpha value is -2.43. The third-order valence-electron chi connectivity index (χ3n) is 2.95. The number of aromatic nitrogens is 1. The first kappa shape index (κ1) is 14.0. The second-order valence-corrected chi connectivity index (χ2v) is 4.24. The number of aromatic amines is 1. The van der Waals surface area contributed by atoms with E-state index in [0.29, 0.717) is 17.1 Å². The summed E-state index contributed by atoms with van der Waals surface area (Å²) in [6, 6.07) is 8.77. The molecule has 0 amide bonds. The molecule has 5 nitrogen and oxygen atoms in total. The van der Waals surface area contributed by atoms with Crippen molar-refractivity contribution in [2.75, 3.05) is 14.2 Å². The minimum absolute atomic E-state index is 0.188. The molecule has 1 aromatic carbocycles. The Bertz CT molecular complexity index is 578. The highest BCUT2D eigenvalue weighted by molar-refractivity contribution is 5.90. The number of hydrogen-bond acceptors (Lipinski definition) is 4. The fraction of sp³-hybridized carbons (Fsp3) is 0.267.